The molecule has 2 atom stereocenters. The molecule has 1 aliphatic rings. The number of hydrogen-bond acceptors (Lipinski definition) is 3. The number of fused-ring (bicyclic) bond motifs is 1. The maximum Gasteiger partial charge on any atom is 0.122 e. The molecule has 0 aliphatic carbocycles. The van der Waals surface area contributed by atoms with E-state index in [4.69, 9.17) is 10.5 Å². The smallest absolute Gasteiger partial charge is 0.122 e. The lowest BCUT2D eigenvalue weighted by Crippen LogP contribution is -2.20. The number of aromatic nitrogens is 2. The molecule has 19 heavy (non-hydrogen) atoms. The first-order valence-electron chi connectivity index (χ1n) is 6.79. The van der Waals surface area contributed by atoms with Crippen LogP contribution >= 0.6 is 0 Å². The number of rotatable bonds is 4. The van der Waals surface area contributed by atoms with Gasteiger partial charge in [0.1, 0.15) is 5.75 Å². The molecule has 0 saturated heterocycles. The molecule has 0 bridgehead atoms. The highest BCUT2D eigenvalue weighted by molar-refractivity contribution is 5.41. The van der Waals surface area contributed by atoms with Crippen LogP contribution in [0.5, 0.6) is 5.75 Å². The van der Waals surface area contributed by atoms with E-state index in [0.29, 0.717) is 6.61 Å². The van der Waals surface area contributed by atoms with E-state index in [1.165, 1.54) is 5.56 Å². The highest BCUT2D eigenvalue weighted by Crippen LogP contribution is 2.39. The van der Waals surface area contributed by atoms with Crippen molar-refractivity contribution in [3.8, 4) is 5.75 Å². The minimum absolute atomic E-state index is 0.0609. The quantitative estimate of drug-likeness (QED) is 0.915. The molecule has 0 saturated carbocycles. The summed E-state index contributed by atoms with van der Waals surface area (Å²) < 4.78 is 7.66. The Morgan fingerprint density at radius 3 is 3.16 bits per heavy atom. The molecule has 2 heterocycles. The Hall–Kier alpha value is -1.81. The van der Waals surface area contributed by atoms with Gasteiger partial charge in [-0.2, -0.15) is 5.10 Å². The summed E-state index contributed by atoms with van der Waals surface area (Å²) in [5.41, 5.74) is 8.68. The fourth-order valence-electron chi connectivity index (χ4n) is 2.62. The van der Waals surface area contributed by atoms with Crippen LogP contribution in [0.1, 0.15) is 36.4 Å². The predicted octanol–water partition coefficient (Wildman–Crippen LogP) is 2.47. The van der Waals surface area contributed by atoms with Gasteiger partial charge in [-0.05, 0) is 12.5 Å². The Bertz CT molecular complexity index is 564. The third-order valence-corrected chi connectivity index (χ3v) is 3.66. The average molecular weight is 257 g/mol. The van der Waals surface area contributed by atoms with Gasteiger partial charge in [-0.3, -0.25) is 4.68 Å². The Morgan fingerprint density at radius 1 is 1.47 bits per heavy atom. The maximum atomic E-state index is 6.39. The summed E-state index contributed by atoms with van der Waals surface area (Å²) in [5.74, 6) is 1.18. The standard InChI is InChI=1S/C15H19N3O/c1-2-7-18-9-11(8-17-18)15(16)13-10-19-14-6-4-3-5-12(13)14/h3-6,8-9,13,15H,2,7,10,16H2,1H3. The first-order chi connectivity index (χ1) is 9.29. The molecule has 1 aromatic carbocycles. The number of nitrogens with zero attached hydrogens (tertiary/aromatic N) is 2. The van der Waals surface area contributed by atoms with Crippen LogP contribution in [0.2, 0.25) is 0 Å². The van der Waals surface area contributed by atoms with Crippen molar-refractivity contribution in [2.24, 2.45) is 5.73 Å². The van der Waals surface area contributed by atoms with Gasteiger partial charge in [-0.15, -0.1) is 0 Å². The Kier molecular flexibility index (Phi) is 3.25. The van der Waals surface area contributed by atoms with E-state index < -0.39 is 0 Å². The molecule has 0 spiro atoms. The molecule has 2 aromatic rings. The third-order valence-electron chi connectivity index (χ3n) is 3.66. The van der Waals surface area contributed by atoms with Crippen molar-refractivity contribution in [2.75, 3.05) is 6.61 Å². The van der Waals surface area contributed by atoms with Gasteiger partial charge in [0, 0.05) is 35.8 Å². The van der Waals surface area contributed by atoms with E-state index in [1.807, 2.05) is 29.1 Å². The highest BCUT2D eigenvalue weighted by Gasteiger charge is 2.30. The number of benzene rings is 1. The zero-order valence-corrected chi connectivity index (χ0v) is 11.1. The van der Waals surface area contributed by atoms with Crippen LogP contribution in [0.4, 0.5) is 0 Å². The lowest BCUT2D eigenvalue weighted by atomic mass is 9.91. The van der Waals surface area contributed by atoms with E-state index in [2.05, 4.69) is 24.3 Å². The second-order valence-corrected chi connectivity index (χ2v) is 5.02. The summed E-state index contributed by atoms with van der Waals surface area (Å²) >= 11 is 0. The summed E-state index contributed by atoms with van der Waals surface area (Å²) in [6.45, 7) is 3.73. The molecular weight excluding hydrogens is 238 g/mol. The van der Waals surface area contributed by atoms with Gasteiger partial charge in [0.15, 0.2) is 0 Å². The third kappa shape index (κ3) is 2.24. The maximum absolute atomic E-state index is 6.39. The van der Waals surface area contributed by atoms with Crippen LogP contribution in [0.15, 0.2) is 36.7 Å². The van der Waals surface area contributed by atoms with E-state index in [0.717, 1.165) is 24.3 Å². The van der Waals surface area contributed by atoms with Crippen molar-refractivity contribution < 1.29 is 4.74 Å². The Labute approximate surface area is 113 Å². The Morgan fingerprint density at radius 2 is 2.32 bits per heavy atom. The molecule has 2 unspecified atom stereocenters. The van der Waals surface area contributed by atoms with Gasteiger partial charge in [0.25, 0.3) is 0 Å². The van der Waals surface area contributed by atoms with Crippen molar-refractivity contribution >= 4 is 0 Å². The van der Waals surface area contributed by atoms with E-state index in [-0.39, 0.29) is 12.0 Å². The van der Waals surface area contributed by atoms with Gasteiger partial charge in [-0.1, -0.05) is 25.1 Å². The second kappa shape index (κ2) is 5.05. The summed E-state index contributed by atoms with van der Waals surface area (Å²) in [4.78, 5) is 0. The lowest BCUT2D eigenvalue weighted by molar-refractivity contribution is 0.315. The largest absolute Gasteiger partial charge is 0.493 e. The van der Waals surface area contributed by atoms with E-state index in [1.54, 1.807) is 0 Å². The van der Waals surface area contributed by atoms with Gasteiger partial charge in [-0.25, -0.2) is 0 Å². The fourth-order valence-corrected chi connectivity index (χ4v) is 2.62. The summed E-state index contributed by atoms with van der Waals surface area (Å²) in [6.07, 6.45) is 5.00. The fraction of sp³-hybridized carbons (Fsp3) is 0.400. The van der Waals surface area contributed by atoms with Gasteiger partial charge in [0.05, 0.1) is 12.8 Å². The van der Waals surface area contributed by atoms with Crippen LogP contribution in [-0.2, 0) is 6.54 Å². The zero-order chi connectivity index (χ0) is 13.2. The van der Waals surface area contributed by atoms with Crippen LogP contribution in [-0.4, -0.2) is 16.4 Å². The van der Waals surface area contributed by atoms with E-state index >= 15 is 0 Å². The highest BCUT2D eigenvalue weighted by atomic mass is 16.5. The van der Waals surface area contributed by atoms with Gasteiger partial charge < -0.3 is 10.5 Å². The number of aryl methyl sites for hydroxylation is 1. The van der Waals surface area contributed by atoms with Gasteiger partial charge >= 0.3 is 0 Å². The molecule has 100 valence electrons. The van der Waals surface area contributed by atoms with Crippen molar-refractivity contribution in [1.82, 2.24) is 9.78 Å². The molecule has 4 nitrogen and oxygen atoms in total. The van der Waals surface area contributed by atoms with Gasteiger partial charge in [0.2, 0.25) is 0 Å². The first kappa shape index (κ1) is 12.2. The zero-order valence-electron chi connectivity index (χ0n) is 11.1. The monoisotopic (exact) mass is 257 g/mol. The molecule has 1 aromatic heterocycles. The summed E-state index contributed by atoms with van der Waals surface area (Å²) in [5, 5.41) is 4.35. The average Bonchev–Trinajstić information content (AvgIpc) is 3.05. The molecule has 0 radical (unpaired) electrons. The predicted molar refractivity (Wildman–Crippen MR) is 74.1 cm³/mol. The molecule has 2 N–H and O–H groups in total. The van der Waals surface area contributed by atoms with Crippen molar-refractivity contribution in [3.63, 3.8) is 0 Å². The lowest BCUT2D eigenvalue weighted by Gasteiger charge is -2.16. The normalized spacial score (nSPS) is 18.9. The molecule has 4 heteroatoms. The number of ether oxygens (including phenoxy) is 1. The van der Waals surface area contributed by atoms with Crippen molar-refractivity contribution in [3.05, 3.63) is 47.8 Å². The molecule has 3 rings (SSSR count). The topological polar surface area (TPSA) is 53.1 Å². The van der Waals surface area contributed by atoms with Crippen molar-refractivity contribution in [2.45, 2.75) is 31.8 Å². The van der Waals surface area contributed by atoms with Crippen LogP contribution < -0.4 is 10.5 Å². The van der Waals surface area contributed by atoms with Crippen LogP contribution in [0.25, 0.3) is 0 Å². The van der Waals surface area contributed by atoms with Crippen molar-refractivity contribution in [1.29, 1.82) is 0 Å². The minimum atomic E-state index is -0.0609. The molecule has 0 amide bonds. The van der Waals surface area contributed by atoms with Crippen LogP contribution in [0, 0.1) is 0 Å². The van der Waals surface area contributed by atoms with E-state index in [9.17, 15) is 0 Å². The number of nitrogens with two attached hydrogens (primary N) is 1. The SMILES string of the molecule is CCCn1cc(C(N)C2COc3ccccc32)cn1. The Balaban J connectivity index is 1.82. The number of para-hydroxylation sites is 1. The number of hydrogen-bond donors (Lipinski definition) is 1. The minimum Gasteiger partial charge on any atom is -0.493 e. The van der Waals surface area contributed by atoms with Crippen LogP contribution in [0.3, 0.4) is 0 Å². The molecule has 1 aliphatic heterocycles. The molecule has 0 fully saturated rings. The summed E-state index contributed by atoms with van der Waals surface area (Å²) in [6, 6.07) is 8.07. The first-order valence-corrected chi connectivity index (χ1v) is 6.79. The molecular formula is C15H19N3O. The second-order valence-electron chi connectivity index (χ2n) is 5.02. The summed E-state index contributed by atoms with van der Waals surface area (Å²) in [7, 11) is 0.